The van der Waals surface area contributed by atoms with E-state index in [2.05, 4.69) is 17.6 Å². The number of carbonyl (C=O) groups is 1. The third-order valence-electron chi connectivity index (χ3n) is 4.06. The lowest BCUT2D eigenvalue weighted by molar-refractivity contribution is 0.208. The number of rotatable bonds is 2. The molecule has 3 nitrogen and oxygen atoms in total. The Labute approximate surface area is 98.4 Å². The maximum absolute atomic E-state index is 11.9. The van der Waals surface area contributed by atoms with Gasteiger partial charge in [0.2, 0.25) is 0 Å². The standard InChI is InChI=1S/C13H24N2O/c1-13(9-5-2-6-10-13)15-12(16)14-11-7-3-4-8-11/h11H,2-10H2,1H3,(H2,14,15,16). The summed E-state index contributed by atoms with van der Waals surface area (Å²) in [5.41, 5.74) is 0.0426. The molecular formula is C13H24N2O. The summed E-state index contributed by atoms with van der Waals surface area (Å²) >= 11 is 0. The van der Waals surface area contributed by atoms with Crippen LogP contribution < -0.4 is 10.6 Å². The third-order valence-corrected chi connectivity index (χ3v) is 4.06. The summed E-state index contributed by atoms with van der Waals surface area (Å²) in [5, 5.41) is 6.27. The van der Waals surface area contributed by atoms with E-state index in [4.69, 9.17) is 0 Å². The van der Waals surface area contributed by atoms with Gasteiger partial charge in [-0.1, -0.05) is 32.1 Å². The first-order chi connectivity index (χ1) is 7.68. The summed E-state index contributed by atoms with van der Waals surface area (Å²) < 4.78 is 0. The topological polar surface area (TPSA) is 41.1 Å². The molecule has 2 fully saturated rings. The van der Waals surface area contributed by atoms with Gasteiger partial charge in [0.25, 0.3) is 0 Å². The minimum absolute atomic E-state index is 0.0426. The quantitative estimate of drug-likeness (QED) is 0.744. The fourth-order valence-corrected chi connectivity index (χ4v) is 3.02. The Morgan fingerprint density at radius 2 is 1.69 bits per heavy atom. The van der Waals surface area contributed by atoms with E-state index in [0.717, 1.165) is 25.7 Å². The Morgan fingerprint density at radius 3 is 2.31 bits per heavy atom. The Morgan fingerprint density at radius 1 is 1.06 bits per heavy atom. The highest BCUT2D eigenvalue weighted by Gasteiger charge is 2.29. The minimum atomic E-state index is 0.0426. The number of nitrogens with one attached hydrogen (secondary N) is 2. The van der Waals surface area contributed by atoms with Crippen molar-refractivity contribution in [2.75, 3.05) is 0 Å². The molecule has 0 spiro atoms. The SMILES string of the molecule is CC1(NC(=O)NC2CCCC2)CCCCC1. The van der Waals surface area contributed by atoms with Crippen LogP contribution in [0.1, 0.15) is 64.7 Å². The molecule has 0 saturated heterocycles. The van der Waals surface area contributed by atoms with Crippen molar-refractivity contribution in [1.82, 2.24) is 10.6 Å². The summed E-state index contributed by atoms with van der Waals surface area (Å²) in [6.45, 7) is 2.18. The average molecular weight is 224 g/mol. The van der Waals surface area contributed by atoms with Crippen LogP contribution in [0.3, 0.4) is 0 Å². The zero-order valence-corrected chi connectivity index (χ0v) is 10.3. The first-order valence-electron chi connectivity index (χ1n) is 6.77. The minimum Gasteiger partial charge on any atom is -0.335 e. The van der Waals surface area contributed by atoms with Gasteiger partial charge in [-0.05, 0) is 32.6 Å². The van der Waals surface area contributed by atoms with Crippen molar-refractivity contribution in [3.63, 3.8) is 0 Å². The highest BCUT2D eigenvalue weighted by molar-refractivity contribution is 5.75. The van der Waals surface area contributed by atoms with Crippen molar-refractivity contribution in [2.24, 2.45) is 0 Å². The Hall–Kier alpha value is -0.730. The molecule has 0 bridgehead atoms. The van der Waals surface area contributed by atoms with Crippen molar-refractivity contribution >= 4 is 6.03 Å². The highest BCUT2D eigenvalue weighted by atomic mass is 16.2. The van der Waals surface area contributed by atoms with Crippen LogP contribution in [-0.4, -0.2) is 17.6 Å². The third kappa shape index (κ3) is 3.13. The summed E-state index contributed by atoms with van der Waals surface area (Å²) in [4.78, 5) is 11.9. The second-order valence-electron chi connectivity index (χ2n) is 5.70. The Bertz CT molecular complexity index is 240. The smallest absolute Gasteiger partial charge is 0.315 e. The molecule has 2 amide bonds. The lowest BCUT2D eigenvalue weighted by Crippen LogP contribution is -2.52. The summed E-state index contributed by atoms with van der Waals surface area (Å²) in [7, 11) is 0. The van der Waals surface area contributed by atoms with Crippen LogP contribution in [0.4, 0.5) is 4.79 Å². The van der Waals surface area contributed by atoms with Gasteiger partial charge >= 0.3 is 6.03 Å². The first-order valence-corrected chi connectivity index (χ1v) is 6.77. The summed E-state index contributed by atoms with van der Waals surface area (Å²) in [6.07, 6.45) is 10.9. The number of amides is 2. The molecule has 92 valence electrons. The fourth-order valence-electron chi connectivity index (χ4n) is 3.02. The molecule has 0 heterocycles. The largest absolute Gasteiger partial charge is 0.335 e. The van der Waals surface area contributed by atoms with Gasteiger partial charge in [-0.15, -0.1) is 0 Å². The van der Waals surface area contributed by atoms with Gasteiger partial charge in [0.1, 0.15) is 0 Å². The molecule has 2 rings (SSSR count). The van der Waals surface area contributed by atoms with Crippen molar-refractivity contribution in [3.05, 3.63) is 0 Å². The molecule has 0 atom stereocenters. The van der Waals surface area contributed by atoms with E-state index in [-0.39, 0.29) is 11.6 Å². The van der Waals surface area contributed by atoms with Gasteiger partial charge in [-0.25, -0.2) is 4.79 Å². The van der Waals surface area contributed by atoms with Crippen molar-refractivity contribution in [1.29, 1.82) is 0 Å². The van der Waals surface area contributed by atoms with Crippen LogP contribution >= 0.6 is 0 Å². The monoisotopic (exact) mass is 224 g/mol. The molecule has 0 aromatic rings. The molecule has 0 unspecified atom stereocenters. The van der Waals surface area contributed by atoms with E-state index >= 15 is 0 Å². The van der Waals surface area contributed by atoms with Gasteiger partial charge in [0.05, 0.1) is 0 Å². The van der Waals surface area contributed by atoms with E-state index in [0.29, 0.717) is 6.04 Å². The number of hydrogen-bond acceptors (Lipinski definition) is 1. The molecule has 2 aliphatic rings. The van der Waals surface area contributed by atoms with E-state index in [1.54, 1.807) is 0 Å². The van der Waals surface area contributed by atoms with Crippen LogP contribution in [0.15, 0.2) is 0 Å². The Balaban J connectivity index is 1.76. The average Bonchev–Trinajstić information content (AvgIpc) is 2.70. The maximum atomic E-state index is 11.9. The van der Waals surface area contributed by atoms with Crippen LogP contribution in [0.2, 0.25) is 0 Å². The van der Waals surface area contributed by atoms with E-state index in [9.17, 15) is 4.79 Å². The van der Waals surface area contributed by atoms with Crippen molar-refractivity contribution < 1.29 is 4.79 Å². The predicted octanol–water partition coefficient (Wildman–Crippen LogP) is 2.95. The lowest BCUT2D eigenvalue weighted by atomic mass is 9.83. The Kier molecular flexibility index (Phi) is 3.72. The molecule has 0 radical (unpaired) electrons. The maximum Gasteiger partial charge on any atom is 0.315 e. The molecule has 16 heavy (non-hydrogen) atoms. The molecule has 0 aromatic heterocycles. The molecule has 0 aliphatic heterocycles. The van der Waals surface area contributed by atoms with E-state index < -0.39 is 0 Å². The highest BCUT2D eigenvalue weighted by Crippen LogP contribution is 2.27. The molecule has 3 heteroatoms. The zero-order valence-electron chi connectivity index (χ0n) is 10.3. The van der Waals surface area contributed by atoms with Crippen molar-refractivity contribution in [2.45, 2.75) is 76.3 Å². The number of carbonyl (C=O) groups excluding carboxylic acids is 1. The number of urea groups is 1. The molecule has 0 aromatic carbocycles. The van der Waals surface area contributed by atoms with E-state index in [1.807, 2.05) is 0 Å². The van der Waals surface area contributed by atoms with E-state index in [1.165, 1.54) is 32.1 Å². The number of hydrogen-bond donors (Lipinski definition) is 2. The second-order valence-corrected chi connectivity index (χ2v) is 5.70. The van der Waals surface area contributed by atoms with Crippen LogP contribution in [0.25, 0.3) is 0 Å². The molecular weight excluding hydrogens is 200 g/mol. The van der Waals surface area contributed by atoms with Gasteiger partial charge in [0.15, 0.2) is 0 Å². The van der Waals surface area contributed by atoms with Crippen LogP contribution in [0, 0.1) is 0 Å². The predicted molar refractivity (Wildman–Crippen MR) is 65.4 cm³/mol. The molecule has 2 saturated carbocycles. The summed E-state index contributed by atoms with van der Waals surface area (Å²) in [5.74, 6) is 0. The zero-order chi connectivity index (χ0) is 11.4. The van der Waals surface area contributed by atoms with Crippen molar-refractivity contribution in [3.8, 4) is 0 Å². The molecule has 2 aliphatic carbocycles. The second kappa shape index (κ2) is 5.07. The van der Waals surface area contributed by atoms with Crippen LogP contribution in [0.5, 0.6) is 0 Å². The van der Waals surface area contributed by atoms with Gasteiger partial charge in [0, 0.05) is 11.6 Å². The fraction of sp³-hybridized carbons (Fsp3) is 0.923. The summed E-state index contributed by atoms with van der Waals surface area (Å²) in [6, 6.07) is 0.475. The van der Waals surface area contributed by atoms with Gasteiger partial charge < -0.3 is 10.6 Å². The molecule has 2 N–H and O–H groups in total. The van der Waals surface area contributed by atoms with Crippen LogP contribution in [-0.2, 0) is 0 Å². The van der Waals surface area contributed by atoms with Gasteiger partial charge in [-0.3, -0.25) is 0 Å². The lowest BCUT2D eigenvalue weighted by Gasteiger charge is -2.34. The van der Waals surface area contributed by atoms with Gasteiger partial charge in [-0.2, -0.15) is 0 Å². The normalized spacial score (nSPS) is 25.3. The first kappa shape index (κ1) is 11.7.